The molecule has 0 spiro atoms. The molecule has 0 bridgehead atoms. The number of hydrogen-bond acceptors (Lipinski definition) is 3. The molecule has 5 heteroatoms. The lowest BCUT2D eigenvalue weighted by Crippen LogP contribution is -2.52. The molecule has 0 saturated carbocycles. The van der Waals surface area contributed by atoms with E-state index in [0.29, 0.717) is 13.0 Å². The summed E-state index contributed by atoms with van der Waals surface area (Å²) in [6.07, 6.45) is 0.649. The normalized spacial score (nSPS) is 11.7. The van der Waals surface area contributed by atoms with E-state index in [1.54, 1.807) is 12.0 Å². The fraction of sp³-hybridized carbons (Fsp3) is 0.310. The SMILES string of the molecule is COc1ccc(CC(=O)N(Cc2ccc(C)cc2)[C@H](Cc2ccccc2)C(=O)NC(C)C)cc1. The summed E-state index contributed by atoms with van der Waals surface area (Å²) in [4.78, 5) is 28.8. The van der Waals surface area contributed by atoms with Crippen molar-refractivity contribution in [2.45, 2.75) is 52.2 Å². The molecular formula is C29H34N2O3. The largest absolute Gasteiger partial charge is 0.497 e. The summed E-state index contributed by atoms with van der Waals surface area (Å²) >= 11 is 0. The Morgan fingerprint density at radius 2 is 1.47 bits per heavy atom. The van der Waals surface area contributed by atoms with Gasteiger partial charge in [-0.2, -0.15) is 0 Å². The zero-order valence-corrected chi connectivity index (χ0v) is 20.5. The van der Waals surface area contributed by atoms with Crippen molar-refractivity contribution in [3.05, 3.63) is 101 Å². The molecule has 3 aromatic rings. The van der Waals surface area contributed by atoms with Gasteiger partial charge in [-0.25, -0.2) is 0 Å². The topological polar surface area (TPSA) is 58.6 Å². The van der Waals surface area contributed by atoms with E-state index < -0.39 is 6.04 Å². The molecule has 1 atom stereocenters. The van der Waals surface area contributed by atoms with Gasteiger partial charge in [0.25, 0.3) is 0 Å². The van der Waals surface area contributed by atoms with Crippen molar-refractivity contribution in [2.75, 3.05) is 7.11 Å². The van der Waals surface area contributed by atoms with Crippen LogP contribution in [0.15, 0.2) is 78.9 Å². The zero-order valence-electron chi connectivity index (χ0n) is 20.5. The highest BCUT2D eigenvalue weighted by atomic mass is 16.5. The molecule has 5 nitrogen and oxygen atoms in total. The number of rotatable bonds is 10. The Hall–Kier alpha value is -3.60. The molecule has 0 saturated heterocycles. The van der Waals surface area contributed by atoms with Crippen LogP contribution >= 0.6 is 0 Å². The predicted octanol–water partition coefficient (Wildman–Crippen LogP) is 4.71. The summed E-state index contributed by atoms with van der Waals surface area (Å²) in [6.45, 7) is 6.25. The first-order valence-corrected chi connectivity index (χ1v) is 11.7. The Labute approximate surface area is 202 Å². The number of carbonyl (C=O) groups excluding carboxylic acids is 2. The molecule has 3 aromatic carbocycles. The third-order valence-electron chi connectivity index (χ3n) is 5.69. The standard InChI is InChI=1S/C29H34N2O3/c1-21(2)30-29(33)27(18-23-8-6-5-7-9-23)31(20-25-12-10-22(3)11-13-25)28(32)19-24-14-16-26(34-4)17-15-24/h5-17,21,27H,18-20H2,1-4H3,(H,30,33)/t27-/m1/s1. The van der Waals surface area contributed by atoms with Crippen LogP contribution in [0.1, 0.15) is 36.1 Å². The van der Waals surface area contributed by atoms with Crippen LogP contribution in [0.5, 0.6) is 5.75 Å². The fourth-order valence-electron chi connectivity index (χ4n) is 3.84. The van der Waals surface area contributed by atoms with Crippen molar-refractivity contribution < 1.29 is 14.3 Å². The summed E-state index contributed by atoms with van der Waals surface area (Å²) in [5, 5.41) is 3.02. The van der Waals surface area contributed by atoms with Crippen molar-refractivity contribution in [3.63, 3.8) is 0 Å². The maximum absolute atomic E-state index is 13.7. The number of nitrogens with one attached hydrogen (secondary N) is 1. The maximum Gasteiger partial charge on any atom is 0.243 e. The minimum absolute atomic E-state index is 0.0244. The smallest absolute Gasteiger partial charge is 0.243 e. The van der Waals surface area contributed by atoms with Gasteiger partial charge in [0, 0.05) is 19.0 Å². The Morgan fingerprint density at radius 1 is 0.853 bits per heavy atom. The number of ether oxygens (including phenoxy) is 1. The molecule has 0 radical (unpaired) electrons. The third-order valence-corrected chi connectivity index (χ3v) is 5.69. The molecule has 178 valence electrons. The molecule has 3 rings (SSSR count). The Balaban J connectivity index is 1.94. The lowest BCUT2D eigenvalue weighted by atomic mass is 10.0. The lowest BCUT2D eigenvalue weighted by Gasteiger charge is -2.32. The third kappa shape index (κ3) is 7.20. The van der Waals surface area contributed by atoms with Gasteiger partial charge < -0.3 is 15.0 Å². The second-order valence-corrected chi connectivity index (χ2v) is 8.90. The Kier molecular flexibility index (Phi) is 8.86. The Bertz CT molecular complexity index is 1060. The zero-order chi connectivity index (χ0) is 24.5. The number of hydrogen-bond donors (Lipinski definition) is 1. The fourth-order valence-corrected chi connectivity index (χ4v) is 3.84. The first kappa shape index (κ1) is 25.0. The highest BCUT2D eigenvalue weighted by Crippen LogP contribution is 2.18. The van der Waals surface area contributed by atoms with Crippen LogP contribution in [0.25, 0.3) is 0 Å². The van der Waals surface area contributed by atoms with Crippen LogP contribution < -0.4 is 10.1 Å². The average Bonchev–Trinajstić information content (AvgIpc) is 2.83. The van der Waals surface area contributed by atoms with Crippen molar-refractivity contribution >= 4 is 11.8 Å². The molecule has 0 heterocycles. The summed E-state index contributed by atoms with van der Waals surface area (Å²) in [5.74, 6) is 0.505. The van der Waals surface area contributed by atoms with E-state index in [1.165, 1.54) is 0 Å². The number of aryl methyl sites for hydroxylation is 1. The molecule has 0 aliphatic rings. The molecular weight excluding hydrogens is 424 g/mol. The summed E-state index contributed by atoms with van der Waals surface area (Å²) in [7, 11) is 1.62. The number of benzene rings is 3. The van der Waals surface area contributed by atoms with Crippen LogP contribution in [0.4, 0.5) is 0 Å². The van der Waals surface area contributed by atoms with E-state index in [0.717, 1.165) is 28.0 Å². The van der Waals surface area contributed by atoms with Crippen LogP contribution in [0.2, 0.25) is 0 Å². The average molecular weight is 459 g/mol. The quantitative estimate of drug-likeness (QED) is 0.479. The summed E-state index contributed by atoms with van der Waals surface area (Å²) in [5.41, 5.74) is 4.03. The molecule has 34 heavy (non-hydrogen) atoms. The van der Waals surface area contributed by atoms with Gasteiger partial charge in [0.2, 0.25) is 11.8 Å². The van der Waals surface area contributed by atoms with Gasteiger partial charge in [-0.05, 0) is 49.6 Å². The van der Waals surface area contributed by atoms with Crippen molar-refractivity contribution in [3.8, 4) is 5.75 Å². The van der Waals surface area contributed by atoms with Gasteiger partial charge in [-0.3, -0.25) is 9.59 Å². The summed E-state index contributed by atoms with van der Waals surface area (Å²) in [6, 6.07) is 24.8. The predicted molar refractivity (Wildman–Crippen MR) is 136 cm³/mol. The molecule has 0 fully saturated rings. The minimum atomic E-state index is -0.628. The number of amides is 2. The van der Waals surface area contributed by atoms with Gasteiger partial charge in [-0.15, -0.1) is 0 Å². The number of methoxy groups -OCH3 is 1. The molecule has 0 aliphatic carbocycles. The molecule has 0 unspecified atom stereocenters. The van der Waals surface area contributed by atoms with Gasteiger partial charge in [-0.1, -0.05) is 72.3 Å². The Morgan fingerprint density at radius 3 is 2.06 bits per heavy atom. The van der Waals surface area contributed by atoms with E-state index in [-0.39, 0.29) is 24.3 Å². The second-order valence-electron chi connectivity index (χ2n) is 8.90. The van der Waals surface area contributed by atoms with Crippen LogP contribution in [0, 0.1) is 6.92 Å². The van der Waals surface area contributed by atoms with Crippen LogP contribution in [-0.4, -0.2) is 35.9 Å². The molecule has 0 aromatic heterocycles. The van der Waals surface area contributed by atoms with Crippen molar-refractivity contribution in [1.82, 2.24) is 10.2 Å². The molecule has 2 amide bonds. The first-order valence-electron chi connectivity index (χ1n) is 11.7. The van der Waals surface area contributed by atoms with Gasteiger partial charge in [0.05, 0.1) is 13.5 Å². The summed E-state index contributed by atoms with van der Waals surface area (Å²) < 4.78 is 5.23. The van der Waals surface area contributed by atoms with Gasteiger partial charge >= 0.3 is 0 Å². The van der Waals surface area contributed by atoms with Gasteiger partial charge in [0.1, 0.15) is 11.8 Å². The lowest BCUT2D eigenvalue weighted by molar-refractivity contribution is -0.141. The van der Waals surface area contributed by atoms with Crippen LogP contribution in [0.3, 0.4) is 0 Å². The van der Waals surface area contributed by atoms with Crippen molar-refractivity contribution in [2.24, 2.45) is 0 Å². The highest BCUT2D eigenvalue weighted by Gasteiger charge is 2.30. The highest BCUT2D eigenvalue weighted by molar-refractivity contribution is 5.89. The van der Waals surface area contributed by atoms with E-state index in [9.17, 15) is 9.59 Å². The van der Waals surface area contributed by atoms with Gasteiger partial charge in [0.15, 0.2) is 0 Å². The molecule has 0 aliphatic heterocycles. The van der Waals surface area contributed by atoms with E-state index in [2.05, 4.69) is 5.32 Å². The monoisotopic (exact) mass is 458 g/mol. The second kappa shape index (κ2) is 12.0. The maximum atomic E-state index is 13.7. The number of nitrogens with zero attached hydrogens (tertiary/aromatic N) is 1. The first-order chi connectivity index (χ1) is 16.4. The van der Waals surface area contributed by atoms with E-state index in [1.807, 2.05) is 99.6 Å². The van der Waals surface area contributed by atoms with E-state index in [4.69, 9.17) is 4.74 Å². The van der Waals surface area contributed by atoms with E-state index >= 15 is 0 Å². The number of carbonyl (C=O) groups is 2. The minimum Gasteiger partial charge on any atom is -0.497 e. The van der Waals surface area contributed by atoms with Crippen LogP contribution in [-0.2, 0) is 29.0 Å². The van der Waals surface area contributed by atoms with Crippen molar-refractivity contribution in [1.29, 1.82) is 0 Å². The molecule has 1 N–H and O–H groups in total.